The molecule has 0 aromatic heterocycles. The second-order valence-corrected chi connectivity index (χ2v) is 8.92. The zero-order valence-corrected chi connectivity index (χ0v) is 18.7. The second-order valence-electron chi connectivity index (χ2n) is 7.71. The minimum Gasteiger partial charge on any atom is -0.314 e. The number of amidine groups is 1. The van der Waals surface area contributed by atoms with Gasteiger partial charge in [0.15, 0.2) is 5.11 Å². The third kappa shape index (κ3) is 3.49. The molecule has 0 unspecified atom stereocenters. The van der Waals surface area contributed by atoms with Crippen LogP contribution in [0.4, 0.5) is 30.2 Å². The fourth-order valence-corrected chi connectivity index (χ4v) is 4.83. The van der Waals surface area contributed by atoms with Crippen molar-refractivity contribution < 1.29 is 18.0 Å². The van der Waals surface area contributed by atoms with Gasteiger partial charge in [-0.05, 0) is 81.3 Å². The van der Waals surface area contributed by atoms with Crippen molar-refractivity contribution in [2.45, 2.75) is 37.4 Å². The molecule has 0 spiro atoms. The Morgan fingerprint density at radius 3 is 2.53 bits per heavy atom. The standard InChI is InChI=1S/C21H16F3N5OS2/c1-11-26-16-7-6-14(9-17(16)32-27-11)29-19(31)28(18(30)20(29,2)3)13-5-4-12(10-25)15(8-13)21(22,23)24/h4-9H,1-3H3,(H,26,27). The smallest absolute Gasteiger partial charge is 0.314 e. The highest BCUT2D eigenvalue weighted by atomic mass is 32.2. The molecule has 0 atom stereocenters. The summed E-state index contributed by atoms with van der Waals surface area (Å²) in [7, 11) is 0. The van der Waals surface area contributed by atoms with Crippen LogP contribution in [0.5, 0.6) is 0 Å². The van der Waals surface area contributed by atoms with Crippen molar-refractivity contribution in [1.29, 1.82) is 5.26 Å². The average molecular weight is 476 g/mol. The molecule has 6 nitrogen and oxygen atoms in total. The lowest BCUT2D eigenvalue weighted by molar-refractivity contribution is -0.137. The molecule has 1 saturated heterocycles. The molecule has 2 aromatic carbocycles. The largest absolute Gasteiger partial charge is 0.417 e. The highest BCUT2D eigenvalue weighted by Gasteiger charge is 2.50. The first-order valence-corrected chi connectivity index (χ1v) is 10.6. The van der Waals surface area contributed by atoms with Gasteiger partial charge in [0.25, 0.3) is 5.91 Å². The first-order valence-electron chi connectivity index (χ1n) is 9.37. The second kappa shape index (κ2) is 7.50. The number of aliphatic imine (C=N–C) groups is 1. The Labute approximate surface area is 191 Å². The van der Waals surface area contributed by atoms with Crippen LogP contribution in [-0.2, 0) is 11.0 Å². The van der Waals surface area contributed by atoms with Crippen LogP contribution in [0.25, 0.3) is 0 Å². The van der Waals surface area contributed by atoms with E-state index in [1.165, 1.54) is 24.1 Å². The van der Waals surface area contributed by atoms with Gasteiger partial charge in [-0.1, -0.05) is 0 Å². The molecule has 164 valence electrons. The monoisotopic (exact) mass is 475 g/mol. The van der Waals surface area contributed by atoms with E-state index >= 15 is 0 Å². The summed E-state index contributed by atoms with van der Waals surface area (Å²) in [5.74, 6) is 0.285. The molecule has 1 N–H and O–H groups in total. The minimum absolute atomic E-state index is 0.0453. The Kier molecular flexibility index (Phi) is 5.18. The number of thiocarbonyl (C=S) groups is 1. The van der Waals surface area contributed by atoms with Gasteiger partial charge in [0, 0.05) is 5.69 Å². The van der Waals surface area contributed by atoms with Crippen LogP contribution < -0.4 is 14.5 Å². The number of rotatable bonds is 2. The number of halogens is 3. The number of nitrogens with zero attached hydrogens (tertiary/aromatic N) is 4. The first-order chi connectivity index (χ1) is 14.9. The lowest BCUT2D eigenvalue weighted by atomic mass is 10.0. The summed E-state index contributed by atoms with van der Waals surface area (Å²) in [6.07, 6.45) is -4.75. The van der Waals surface area contributed by atoms with Crippen LogP contribution in [0, 0.1) is 11.3 Å². The van der Waals surface area contributed by atoms with Gasteiger partial charge >= 0.3 is 6.18 Å². The van der Waals surface area contributed by atoms with Crippen LogP contribution in [0.3, 0.4) is 0 Å². The zero-order chi connectivity index (χ0) is 23.4. The maximum atomic E-state index is 13.5. The number of alkyl halides is 3. The Balaban J connectivity index is 1.78. The molecular weight excluding hydrogens is 459 g/mol. The summed E-state index contributed by atoms with van der Waals surface area (Å²) >= 11 is 6.93. The summed E-state index contributed by atoms with van der Waals surface area (Å²) in [6, 6.07) is 10.1. The molecule has 1 amide bonds. The molecule has 2 aliphatic rings. The summed E-state index contributed by atoms with van der Waals surface area (Å²) in [5, 5.41) is 9.10. The van der Waals surface area contributed by atoms with Crippen molar-refractivity contribution in [1.82, 2.24) is 4.72 Å². The number of amides is 1. The molecule has 2 aromatic rings. The molecule has 0 aliphatic carbocycles. The van der Waals surface area contributed by atoms with Crippen molar-refractivity contribution in [2.75, 3.05) is 9.80 Å². The van der Waals surface area contributed by atoms with Gasteiger partial charge in [-0.3, -0.25) is 9.69 Å². The topological polar surface area (TPSA) is 71.7 Å². The van der Waals surface area contributed by atoms with Gasteiger partial charge in [-0.25, -0.2) is 4.99 Å². The number of hydrogen-bond donors (Lipinski definition) is 1. The Hall–Kier alpha value is -3.10. The summed E-state index contributed by atoms with van der Waals surface area (Å²) in [5.41, 5.74) is -1.45. The summed E-state index contributed by atoms with van der Waals surface area (Å²) in [6.45, 7) is 5.15. The number of carbonyl (C=O) groups excluding carboxylic acids is 1. The van der Waals surface area contributed by atoms with E-state index in [1.54, 1.807) is 30.9 Å². The Bertz CT molecular complexity index is 1230. The van der Waals surface area contributed by atoms with Crippen molar-refractivity contribution >= 4 is 58.1 Å². The van der Waals surface area contributed by atoms with Gasteiger partial charge in [0.1, 0.15) is 11.4 Å². The van der Waals surface area contributed by atoms with Gasteiger partial charge < -0.3 is 9.62 Å². The number of nitrogens with one attached hydrogen (secondary N) is 1. The maximum Gasteiger partial charge on any atom is 0.417 e. The van der Waals surface area contributed by atoms with E-state index in [1.807, 2.05) is 13.0 Å². The fraction of sp³-hybridized carbons (Fsp3) is 0.238. The summed E-state index contributed by atoms with van der Waals surface area (Å²) in [4.78, 5) is 21.2. The predicted octanol–water partition coefficient (Wildman–Crippen LogP) is 5.15. The van der Waals surface area contributed by atoms with E-state index in [0.29, 0.717) is 5.69 Å². The number of nitriles is 1. The molecule has 1 fully saturated rings. The lowest BCUT2D eigenvalue weighted by Crippen LogP contribution is -2.44. The van der Waals surface area contributed by atoms with Crippen molar-refractivity contribution in [2.24, 2.45) is 4.99 Å². The molecule has 4 rings (SSSR count). The lowest BCUT2D eigenvalue weighted by Gasteiger charge is -2.30. The highest BCUT2D eigenvalue weighted by Crippen LogP contribution is 2.42. The van der Waals surface area contributed by atoms with Crippen LogP contribution in [-0.4, -0.2) is 22.4 Å². The Morgan fingerprint density at radius 2 is 1.88 bits per heavy atom. The number of hydrogen-bond acceptors (Lipinski definition) is 6. The Morgan fingerprint density at radius 1 is 1.19 bits per heavy atom. The normalized spacial score (nSPS) is 17.6. The number of benzene rings is 2. The molecule has 2 aliphatic heterocycles. The third-order valence-electron chi connectivity index (χ3n) is 5.15. The van der Waals surface area contributed by atoms with Gasteiger partial charge in [0.05, 0.1) is 33.5 Å². The molecule has 32 heavy (non-hydrogen) atoms. The van der Waals surface area contributed by atoms with Crippen LogP contribution in [0.2, 0.25) is 0 Å². The predicted molar refractivity (Wildman–Crippen MR) is 121 cm³/mol. The molecule has 0 radical (unpaired) electrons. The fourth-order valence-electron chi connectivity index (χ4n) is 3.61. The summed E-state index contributed by atoms with van der Waals surface area (Å²) < 4.78 is 43.5. The van der Waals surface area contributed by atoms with Gasteiger partial charge in [-0.2, -0.15) is 18.4 Å². The zero-order valence-electron chi connectivity index (χ0n) is 17.1. The SMILES string of the molecule is CC1=Nc2ccc(N3C(=S)N(c4ccc(C#N)c(C(F)(F)F)c4)C(=O)C3(C)C)cc2SN1. The molecule has 0 bridgehead atoms. The minimum atomic E-state index is -4.75. The van der Waals surface area contributed by atoms with E-state index in [-0.39, 0.29) is 10.8 Å². The quantitative estimate of drug-likeness (QED) is 0.478. The van der Waals surface area contributed by atoms with Gasteiger partial charge in [-0.15, -0.1) is 0 Å². The molecule has 11 heteroatoms. The molecule has 2 heterocycles. The van der Waals surface area contributed by atoms with E-state index in [0.717, 1.165) is 33.5 Å². The van der Waals surface area contributed by atoms with Crippen molar-refractivity contribution in [3.63, 3.8) is 0 Å². The average Bonchev–Trinajstić information content (AvgIpc) is 2.90. The van der Waals surface area contributed by atoms with E-state index < -0.39 is 28.7 Å². The third-order valence-corrected chi connectivity index (χ3v) is 6.46. The van der Waals surface area contributed by atoms with Crippen LogP contribution >= 0.6 is 24.2 Å². The number of anilines is 2. The highest BCUT2D eigenvalue weighted by molar-refractivity contribution is 7.98. The van der Waals surface area contributed by atoms with Gasteiger partial charge in [0.2, 0.25) is 0 Å². The number of carbonyl (C=O) groups is 1. The van der Waals surface area contributed by atoms with E-state index in [2.05, 4.69) is 9.71 Å². The molecule has 0 saturated carbocycles. The first kappa shape index (κ1) is 22.1. The number of fused-ring (bicyclic) bond motifs is 1. The van der Waals surface area contributed by atoms with Crippen LogP contribution in [0.15, 0.2) is 46.3 Å². The van der Waals surface area contributed by atoms with Crippen molar-refractivity contribution in [3.8, 4) is 6.07 Å². The molecular formula is C21H16F3N5OS2. The van der Waals surface area contributed by atoms with E-state index in [4.69, 9.17) is 17.5 Å². The van der Waals surface area contributed by atoms with Crippen molar-refractivity contribution in [3.05, 3.63) is 47.5 Å². The maximum absolute atomic E-state index is 13.5. The van der Waals surface area contributed by atoms with E-state index in [9.17, 15) is 18.0 Å². The van der Waals surface area contributed by atoms with Crippen LogP contribution in [0.1, 0.15) is 31.9 Å².